The molecule has 5 rings (SSSR count). The van der Waals surface area contributed by atoms with E-state index in [0.717, 1.165) is 22.6 Å². The summed E-state index contributed by atoms with van der Waals surface area (Å²) in [5, 5.41) is 11.6. The highest BCUT2D eigenvalue weighted by molar-refractivity contribution is 7.17. The van der Waals surface area contributed by atoms with Crippen molar-refractivity contribution in [3.05, 3.63) is 75.3 Å². The number of aryl methyl sites for hydroxylation is 1. The molecule has 0 saturated carbocycles. The number of ketones is 1. The third-order valence-electron chi connectivity index (χ3n) is 6.41. The van der Waals surface area contributed by atoms with E-state index in [2.05, 4.69) is 4.98 Å². The third kappa shape index (κ3) is 4.13. The molecule has 190 valence electrons. The predicted octanol–water partition coefficient (Wildman–Crippen LogP) is 4.20. The van der Waals surface area contributed by atoms with Crippen LogP contribution in [0.25, 0.3) is 5.76 Å². The van der Waals surface area contributed by atoms with Gasteiger partial charge in [0.2, 0.25) is 0 Å². The van der Waals surface area contributed by atoms with Gasteiger partial charge in [-0.05, 0) is 55.3 Å². The first kappa shape index (κ1) is 24.5. The molecule has 0 radical (unpaired) electrons. The zero-order chi connectivity index (χ0) is 26.4. The van der Waals surface area contributed by atoms with Crippen molar-refractivity contribution < 1.29 is 33.7 Å². The molecule has 1 saturated heterocycles. The summed E-state index contributed by atoms with van der Waals surface area (Å²) in [5.41, 5.74) is 2.17. The zero-order valence-corrected chi connectivity index (χ0v) is 21.4. The number of amides is 1. The Hall–Kier alpha value is -4.18. The molecule has 37 heavy (non-hydrogen) atoms. The van der Waals surface area contributed by atoms with Crippen molar-refractivity contribution in [1.82, 2.24) is 4.98 Å². The number of aliphatic hydroxyl groups is 1. The number of esters is 1. The van der Waals surface area contributed by atoms with Crippen molar-refractivity contribution >= 4 is 39.9 Å². The molecule has 0 unspecified atom stereocenters. The van der Waals surface area contributed by atoms with Gasteiger partial charge < -0.3 is 19.3 Å². The fourth-order valence-electron chi connectivity index (χ4n) is 4.62. The van der Waals surface area contributed by atoms with Gasteiger partial charge in [0.25, 0.3) is 5.78 Å². The Morgan fingerprint density at radius 2 is 1.89 bits per heavy atom. The molecular weight excluding hydrogens is 496 g/mol. The van der Waals surface area contributed by atoms with E-state index >= 15 is 0 Å². The van der Waals surface area contributed by atoms with Crippen molar-refractivity contribution in [3.63, 3.8) is 0 Å². The molecule has 2 aromatic carbocycles. The molecule has 1 amide bonds. The van der Waals surface area contributed by atoms with Crippen LogP contribution in [0.1, 0.15) is 45.0 Å². The van der Waals surface area contributed by atoms with Crippen LogP contribution in [0, 0.1) is 6.92 Å². The average molecular weight is 521 g/mol. The van der Waals surface area contributed by atoms with Gasteiger partial charge in [-0.2, -0.15) is 0 Å². The van der Waals surface area contributed by atoms with Crippen LogP contribution in [0.4, 0.5) is 5.13 Å². The number of Topliss-reactive ketones (excluding diaryl/α,β-unsaturated/α-hetero) is 1. The van der Waals surface area contributed by atoms with E-state index in [4.69, 9.17) is 14.2 Å². The molecule has 0 spiro atoms. The molecule has 0 bridgehead atoms. The smallest absolute Gasteiger partial charge is 0.350 e. The summed E-state index contributed by atoms with van der Waals surface area (Å²) in [4.78, 5) is 44.8. The minimum Gasteiger partial charge on any atom is -0.507 e. The number of methoxy groups -OCH3 is 2. The van der Waals surface area contributed by atoms with Crippen LogP contribution in [0.3, 0.4) is 0 Å². The number of hydrogen-bond acceptors (Lipinski definition) is 9. The highest BCUT2D eigenvalue weighted by atomic mass is 32.1. The number of ether oxygens (including phenoxy) is 3. The predicted molar refractivity (Wildman–Crippen MR) is 136 cm³/mol. The van der Waals surface area contributed by atoms with Gasteiger partial charge in [-0.25, -0.2) is 9.78 Å². The van der Waals surface area contributed by atoms with Crippen LogP contribution < -0.4 is 14.4 Å². The molecule has 2 atom stereocenters. The summed E-state index contributed by atoms with van der Waals surface area (Å²) in [6.45, 7) is 3.58. The maximum Gasteiger partial charge on any atom is 0.350 e. The van der Waals surface area contributed by atoms with Crippen molar-refractivity contribution in [2.24, 2.45) is 0 Å². The second-order valence-electron chi connectivity index (χ2n) is 8.80. The average Bonchev–Trinajstić information content (AvgIpc) is 3.55. The van der Waals surface area contributed by atoms with E-state index in [1.165, 1.54) is 19.1 Å². The van der Waals surface area contributed by atoms with Gasteiger partial charge in [0.05, 0.1) is 31.5 Å². The minimum absolute atomic E-state index is 0.00873. The number of hydrogen-bond donors (Lipinski definition) is 1. The Labute approximate surface area is 216 Å². The number of thiazole rings is 1. The lowest BCUT2D eigenvalue weighted by Crippen LogP contribution is -2.29. The summed E-state index contributed by atoms with van der Waals surface area (Å²) in [6.07, 6.45) is 0.677. The number of anilines is 1. The molecule has 1 fully saturated rings. The van der Waals surface area contributed by atoms with Gasteiger partial charge in [0.15, 0.2) is 5.13 Å². The largest absolute Gasteiger partial charge is 0.507 e. The van der Waals surface area contributed by atoms with Crippen molar-refractivity contribution in [2.45, 2.75) is 32.4 Å². The second-order valence-corrected chi connectivity index (χ2v) is 9.78. The monoisotopic (exact) mass is 520 g/mol. The molecule has 10 heteroatoms. The standard InChI is InChI=1S/C27H24N2O7S/c1-13-11-17-12-16(7-10-19(17)36-13)22(30)20-21(15-5-8-18(34-3)9-6-15)29(25(32)23(20)31)27-28-14(2)24(37-27)26(33)35-4/h5-10,12-13,21,30H,11H2,1-4H3/b22-20+/t13-,21-/m1/s1. The summed E-state index contributed by atoms with van der Waals surface area (Å²) in [7, 11) is 2.79. The fraction of sp³-hybridized carbons (Fsp3) is 0.259. The second kappa shape index (κ2) is 9.36. The number of aliphatic hydroxyl groups excluding tert-OH is 1. The zero-order valence-electron chi connectivity index (χ0n) is 20.6. The van der Waals surface area contributed by atoms with E-state index in [0.29, 0.717) is 29.0 Å². The number of nitrogens with zero attached hydrogens (tertiary/aromatic N) is 2. The quantitative estimate of drug-likeness (QED) is 0.230. The highest BCUT2D eigenvalue weighted by Crippen LogP contribution is 2.44. The van der Waals surface area contributed by atoms with Crippen molar-refractivity contribution in [3.8, 4) is 11.5 Å². The van der Waals surface area contributed by atoms with Crippen LogP contribution in [0.15, 0.2) is 48.0 Å². The number of rotatable bonds is 5. The van der Waals surface area contributed by atoms with Gasteiger partial charge in [0, 0.05) is 12.0 Å². The first-order valence-electron chi connectivity index (χ1n) is 11.5. The Morgan fingerprint density at radius 1 is 1.16 bits per heavy atom. The van der Waals surface area contributed by atoms with E-state index < -0.39 is 23.7 Å². The van der Waals surface area contributed by atoms with Gasteiger partial charge in [-0.15, -0.1) is 0 Å². The molecule has 3 aromatic rings. The first-order valence-corrected chi connectivity index (χ1v) is 12.4. The molecule has 1 aromatic heterocycles. The van der Waals surface area contributed by atoms with Crippen LogP contribution in [-0.2, 0) is 20.7 Å². The van der Waals surface area contributed by atoms with Crippen LogP contribution >= 0.6 is 11.3 Å². The van der Waals surface area contributed by atoms with Crippen molar-refractivity contribution in [2.75, 3.05) is 19.1 Å². The minimum atomic E-state index is -0.981. The molecule has 9 nitrogen and oxygen atoms in total. The van der Waals surface area contributed by atoms with E-state index in [9.17, 15) is 19.5 Å². The van der Waals surface area contributed by atoms with Gasteiger partial charge >= 0.3 is 11.9 Å². The number of carbonyl (C=O) groups excluding carboxylic acids is 3. The summed E-state index contributed by atoms with van der Waals surface area (Å²) < 4.78 is 15.8. The first-order chi connectivity index (χ1) is 17.7. The fourth-order valence-corrected chi connectivity index (χ4v) is 5.64. The Balaban J connectivity index is 1.68. The maximum absolute atomic E-state index is 13.4. The molecule has 3 heterocycles. The molecule has 2 aliphatic heterocycles. The summed E-state index contributed by atoms with van der Waals surface area (Å²) in [5.74, 6) is -1.28. The van der Waals surface area contributed by atoms with Gasteiger partial charge in [0.1, 0.15) is 28.2 Å². The van der Waals surface area contributed by atoms with Crippen LogP contribution in [0.5, 0.6) is 11.5 Å². The normalized spacial score (nSPS) is 20.1. The maximum atomic E-state index is 13.4. The third-order valence-corrected chi connectivity index (χ3v) is 7.54. The summed E-state index contributed by atoms with van der Waals surface area (Å²) in [6, 6.07) is 11.0. The Bertz CT molecular complexity index is 1460. The Morgan fingerprint density at radius 3 is 2.57 bits per heavy atom. The van der Waals surface area contributed by atoms with Crippen molar-refractivity contribution in [1.29, 1.82) is 0 Å². The SMILES string of the molecule is COC(=O)c1sc(N2C(=O)C(=O)/C(=C(/O)c3ccc4c(c3)C[C@@H](C)O4)[C@H]2c2ccc(OC)cc2)nc1C. The lowest BCUT2D eigenvalue weighted by atomic mass is 9.94. The van der Waals surface area contributed by atoms with Gasteiger partial charge in [-0.1, -0.05) is 23.5 Å². The molecule has 2 aliphatic rings. The van der Waals surface area contributed by atoms with E-state index in [-0.39, 0.29) is 27.4 Å². The lowest BCUT2D eigenvalue weighted by molar-refractivity contribution is -0.132. The molecular formula is C27H24N2O7S. The number of fused-ring (bicyclic) bond motifs is 1. The van der Waals surface area contributed by atoms with Gasteiger partial charge in [-0.3, -0.25) is 14.5 Å². The number of benzene rings is 2. The summed E-state index contributed by atoms with van der Waals surface area (Å²) >= 11 is 0.949. The lowest BCUT2D eigenvalue weighted by Gasteiger charge is -2.23. The highest BCUT2D eigenvalue weighted by Gasteiger charge is 2.48. The van der Waals surface area contributed by atoms with E-state index in [1.807, 2.05) is 6.92 Å². The molecule has 1 N–H and O–H groups in total. The van der Waals surface area contributed by atoms with Crippen LogP contribution in [-0.4, -0.2) is 48.1 Å². The molecule has 0 aliphatic carbocycles. The topological polar surface area (TPSA) is 115 Å². The van der Waals surface area contributed by atoms with Crippen LogP contribution in [0.2, 0.25) is 0 Å². The Kier molecular flexibility index (Phi) is 6.20. The van der Waals surface area contributed by atoms with E-state index in [1.54, 1.807) is 49.4 Å². The number of aromatic nitrogens is 1. The number of carbonyl (C=O) groups is 3.